The summed E-state index contributed by atoms with van der Waals surface area (Å²) in [5.41, 5.74) is 0.387. The van der Waals surface area contributed by atoms with Crippen LogP contribution in [0, 0.1) is 6.92 Å². The van der Waals surface area contributed by atoms with Crippen LogP contribution in [0.5, 0.6) is 0 Å². The Labute approximate surface area is 320 Å². The molecule has 256 valence electrons. The second-order valence-corrected chi connectivity index (χ2v) is 14.9. The molecule has 0 fully saturated rings. The van der Waals surface area contributed by atoms with Gasteiger partial charge in [-0.15, -0.1) is 17.7 Å². The number of carbonyl (C=O) groups is 1. The Hall–Kier alpha value is -4.57. The van der Waals surface area contributed by atoms with Gasteiger partial charge in [0.2, 0.25) is 0 Å². The van der Waals surface area contributed by atoms with Crippen molar-refractivity contribution in [1.29, 1.82) is 0 Å². The summed E-state index contributed by atoms with van der Waals surface area (Å²) in [6, 6.07) is 73.0. The first-order chi connectivity index (χ1) is 24.7. The Morgan fingerprint density at radius 1 is 0.373 bits per heavy atom. The third kappa shape index (κ3) is 12.9. The minimum Gasteiger partial charge on any atom is -0.415 e. The second kappa shape index (κ2) is 23.8. The molecule has 0 amide bonds. The summed E-state index contributed by atoms with van der Waals surface area (Å²) in [5.74, 6) is -0.597. The van der Waals surface area contributed by atoms with Crippen LogP contribution in [0.1, 0.15) is 17.3 Å². The van der Waals surface area contributed by atoms with Crippen molar-refractivity contribution in [1.82, 2.24) is 0 Å². The fourth-order valence-electron chi connectivity index (χ4n) is 5.01. The van der Waals surface area contributed by atoms with Crippen molar-refractivity contribution in [3.05, 3.63) is 225 Å². The molecule has 7 rings (SSSR count). The summed E-state index contributed by atoms with van der Waals surface area (Å²) >= 11 is 0. The van der Waals surface area contributed by atoms with Crippen LogP contribution in [-0.2, 0) is 25.9 Å². The van der Waals surface area contributed by atoms with Crippen molar-refractivity contribution in [2.45, 2.75) is 6.92 Å². The van der Waals surface area contributed by atoms with E-state index in [-0.39, 0.29) is 21.1 Å². The molecule has 0 heterocycles. The van der Waals surface area contributed by atoms with Gasteiger partial charge in [-0.2, -0.15) is 6.92 Å². The van der Waals surface area contributed by atoms with Crippen LogP contribution >= 0.6 is 15.8 Å². The fourth-order valence-corrected chi connectivity index (χ4v) is 9.62. The van der Waals surface area contributed by atoms with Gasteiger partial charge in [0.15, 0.2) is 0 Å². The third-order valence-corrected chi connectivity index (χ3v) is 12.1. The van der Waals surface area contributed by atoms with E-state index in [2.05, 4.69) is 189 Å². The summed E-state index contributed by atoms with van der Waals surface area (Å²) in [6.45, 7) is 5.00. The Kier molecular flexibility index (Phi) is 19.0. The molecule has 7 aromatic carbocycles. The third-order valence-electron chi connectivity index (χ3n) is 7.22. The molecule has 0 aliphatic heterocycles. The maximum atomic E-state index is 10.6. The molecule has 7 aromatic rings. The molecule has 0 atom stereocenters. The predicted molar refractivity (Wildman–Crippen MR) is 218 cm³/mol. The molecule has 0 radical (unpaired) electrons. The van der Waals surface area contributed by atoms with Crippen LogP contribution in [0.25, 0.3) is 0 Å². The van der Waals surface area contributed by atoms with E-state index in [1.165, 1.54) is 38.1 Å². The number of Topliss-reactive ketones (excluding diaryl/α,β-unsaturated/α-hetero) is 1. The van der Waals surface area contributed by atoms with E-state index in [0.717, 1.165) is 0 Å². The fraction of sp³-hybridized carbons (Fsp3) is 0.0217. The zero-order chi connectivity index (χ0) is 35.2. The van der Waals surface area contributed by atoms with Gasteiger partial charge >= 0.3 is 21.1 Å². The molecule has 0 aliphatic carbocycles. The molecule has 0 aromatic heterocycles. The van der Waals surface area contributed by atoms with Gasteiger partial charge in [0, 0.05) is 6.29 Å². The summed E-state index contributed by atoms with van der Waals surface area (Å²) in [6.07, 6.45) is 1.29. The van der Waals surface area contributed by atoms with Crippen molar-refractivity contribution in [3.63, 3.8) is 0 Å². The standard InChI is InChI=1S/2C18H15P.C8H5O2.C2H5.Pt/c2*1-4-10-16(11-5-1)19(17-12-6-2-7-13-17)18-14-8-3-9-15-18;9-6-8(10)7-4-2-1-3-5-7;1-2;/h2*1-15H;1-5H;1H2,2H3;/q;;2*-1;+2. The summed E-state index contributed by atoms with van der Waals surface area (Å²) in [4.78, 5) is 20.4. The zero-order valence-corrected chi connectivity index (χ0v) is 32.5. The summed E-state index contributed by atoms with van der Waals surface area (Å²) in [7, 11) is -0.892. The molecule has 0 unspecified atom stereocenters. The quantitative estimate of drug-likeness (QED) is 0.0663. The van der Waals surface area contributed by atoms with Crippen molar-refractivity contribution in [3.8, 4) is 0 Å². The van der Waals surface area contributed by atoms with Crippen molar-refractivity contribution < 1.29 is 30.7 Å². The van der Waals surface area contributed by atoms with E-state index in [9.17, 15) is 9.59 Å². The molecule has 51 heavy (non-hydrogen) atoms. The van der Waals surface area contributed by atoms with Gasteiger partial charge in [-0.25, -0.2) is 0 Å². The van der Waals surface area contributed by atoms with Crippen LogP contribution in [-0.4, -0.2) is 12.1 Å². The van der Waals surface area contributed by atoms with Gasteiger partial charge in [-0.1, -0.05) is 200 Å². The zero-order valence-electron chi connectivity index (χ0n) is 28.4. The predicted octanol–water partition coefficient (Wildman–Crippen LogP) is 8.71. The van der Waals surface area contributed by atoms with Crippen LogP contribution < -0.4 is 31.8 Å². The molecule has 2 nitrogen and oxygen atoms in total. The first kappa shape index (κ1) is 40.9. The van der Waals surface area contributed by atoms with Gasteiger partial charge in [-0.05, 0) is 47.7 Å². The maximum absolute atomic E-state index is 10.6. The minimum absolute atomic E-state index is 0. The SMILES string of the molecule is O=[C-]C(=O)c1ccccc1.[CH2-]C.[Pt+2].c1ccc(P(c2ccccc2)c2ccccc2)cc1.c1ccc(P(c2ccccc2)c2ccccc2)cc1. The van der Waals surface area contributed by atoms with Crippen LogP contribution in [0.4, 0.5) is 0 Å². The summed E-state index contributed by atoms with van der Waals surface area (Å²) in [5, 5.41) is 8.39. The van der Waals surface area contributed by atoms with E-state index in [0.29, 0.717) is 5.56 Å². The number of rotatable bonds is 8. The first-order valence-electron chi connectivity index (χ1n) is 16.3. The van der Waals surface area contributed by atoms with Crippen LogP contribution in [0.15, 0.2) is 212 Å². The number of carbonyl (C=O) groups excluding carboxylic acids is 2. The largest absolute Gasteiger partial charge is 2.00 e. The monoisotopic (exact) mass is 881 g/mol. The minimum atomic E-state index is -0.597. The van der Waals surface area contributed by atoms with Gasteiger partial charge < -0.3 is 16.5 Å². The van der Waals surface area contributed by atoms with Crippen molar-refractivity contribution >= 4 is 59.7 Å². The Balaban J connectivity index is 0.000000209. The van der Waals surface area contributed by atoms with E-state index in [1.807, 2.05) is 0 Å². The Bertz CT molecular complexity index is 1620. The van der Waals surface area contributed by atoms with Crippen LogP contribution in [0.2, 0.25) is 0 Å². The molecule has 0 bridgehead atoms. The van der Waals surface area contributed by atoms with Gasteiger partial charge in [0.1, 0.15) is 0 Å². The number of benzene rings is 7. The molecule has 0 aliphatic rings. The molecule has 0 saturated heterocycles. The maximum Gasteiger partial charge on any atom is 2.00 e. The van der Waals surface area contributed by atoms with Gasteiger partial charge in [0.25, 0.3) is 0 Å². The smallest absolute Gasteiger partial charge is 0.415 e. The first-order valence-corrected chi connectivity index (χ1v) is 19.0. The molecular weight excluding hydrogens is 842 g/mol. The second-order valence-electron chi connectivity index (χ2n) is 10.5. The van der Waals surface area contributed by atoms with Crippen molar-refractivity contribution in [2.24, 2.45) is 0 Å². The number of hydrogen-bond acceptors (Lipinski definition) is 2. The topological polar surface area (TPSA) is 34.1 Å². The molecular formula is C46H40O2P2Pt. The average molecular weight is 882 g/mol. The molecule has 0 spiro atoms. The number of hydrogen-bond donors (Lipinski definition) is 0. The molecule has 0 N–H and O–H groups in total. The van der Waals surface area contributed by atoms with E-state index in [1.54, 1.807) is 37.3 Å². The van der Waals surface area contributed by atoms with Crippen LogP contribution in [0.3, 0.4) is 0 Å². The normalized spacial score (nSPS) is 9.73. The number of ketones is 1. The molecule has 5 heteroatoms. The van der Waals surface area contributed by atoms with Gasteiger partial charge in [-0.3, -0.25) is 0 Å². The molecule has 0 saturated carbocycles. The Morgan fingerprint density at radius 2 is 0.549 bits per heavy atom. The van der Waals surface area contributed by atoms with E-state index < -0.39 is 21.6 Å². The average Bonchev–Trinajstić information content (AvgIpc) is 3.22. The van der Waals surface area contributed by atoms with E-state index >= 15 is 0 Å². The summed E-state index contributed by atoms with van der Waals surface area (Å²) < 4.78 is 0. The van der Waals surface area contributed by atoms with Gasteiger partial charge in [0.05, 0.1) is 5.78 Å². The van der Waals surface area contributed by atoms with E-state index in [4.69, 9.17) is 0 Å². The van der Waals surface area contributed by atoms with Crippen molar-refractivity contribution in [2.75, 3.05) is 0 Å². The Morgan fingerprint density at radius 3 is 0.725 bits per heavy atom.